The van der Waals surface area contributed by atoms with E-state index in [9.17, 15) is 19.4 Å². The first kappa shape index (κ1) is 65.2. The van der Waals surface area contributed by atoms with Crippen molar-refractivity contribution in [2.75, 3.05) is 40.9 Å². The molecule has 0 rings (SSSR count). The lowest BCUT2D eigenvalue weighted by atomic mass is 10.0. The van der Waals surface area contributed by atoms with Gasteiger partial charge in [0.1, 0.15) is 13.2 Å². The Morgan fingerprint density at radius 2 is 0.881 bits per heavy atom. The zero-order valence-corrected chi connectivity index (χ0v) is 45.5. The lowest BCUT2D eigenvalue weighted by Crippen LogP contribution is -2.45. The highest BCUT2D eigenvalue weighted by atomic mass is 31.2. The summed E-state index contributed by atoms with van der Waals surface area (Å²) in [6.45, 7) is 4.71. The zero-order valence-electron chi connectivity index (χ0n) is 44.6. The Balaban J connectivity index is 3.84. The van der Waals surface area contributed by atoms with Gasteiger partial charge in [0, 0.05) is 6.42 Å². The third-order valence-electron chi connectivity index (χ3n) is 12.5. The van der Waals surface area contributed by atoms with Gasteiger partial charge in [0.25, 0.3) is 0 Å². The van der Waals surface area contributed by atoms with E-state index < -0.39 is 20.0 Å². The third kappa shape index (κ3) is 51.9. The number of likely N-dealkylation sites (N-methyl/N-ethyl adjacent to an activating group) is 1. The second-order valence-electron chi connectivity index (χ2n) is 20.3. The van der Waals surface area contributed by atoms with Gasteiger partial charge < -0.3 is 19.8 Å². The van der Waals surface area contributed by atoms with Crippen LogP contribution in [-0.4, -0.2) is 73.4 Å². The Bertz CT molecular complexity index is 1270. The number of allylic oxidation sites excluding steroid dienone is 9. The number of amides is 1. The average molecular weight is 962 g/mol. The molecule has 0 aliphatic carbocycles. The second-order valence-corrected chi connectivity index (χ2v) is 21.8. The van der Waals surface area contributed by atoms with E-state index in [1.54, 1.807) is 6.08 Å². The summed E-state index contributed by atoms with van der Waals surface area (Å²) in [6.07, 6.45) is 66.6. The molecule has 0 spiro atoms. The van der Waals surface area contributed by atoms with Gasteiger partial charge in [-0.3, -0.25) is 13.8 Å². The van der Waals surface area contributed by atoms with E-state index in [2.05, 4.69) is 67.8 Å². The molecule has 3 atom stereocenters. The van der Waals surface area contributed by atoms with Crippen molar-refractivity contribution in [2.45, 2.75) is 264 Å². The van der Waals surface area contributed by atoms with Crippen LogP contribution in [0.2, 0.25) is 0 Å². The largest absolute Gasteiger partial charge is 0.472 e. The molecule has 3 N–H and O–H groups in total. The molecule has 0 radical (unpaired) electrons. The number of quaternary nitrogens is 1. The van der Waals surface area contributed by atoms with Crippen molar-refractivity contribution >= 4 is 13.7 Å². The summed E-state index contributed by atoms with van der Waals surface area (Å²) in [4.78, 5) is 23.1. The van der Waals surface area contributed by atoms with Crippen molar-refractivity contribution in [3.05, 3.63) is 60.8 Å². The molecule has 0 aromatic carbocycles. The average Bonchev–Trinajstić information content (AvgIpc) is 3.29. The number of unbranched alkanes of at least 4 members (excludes halogenated alkanes) is 30. The van der Waals surface area contributed by atoms with Crippen LogP contribution >= 0.6 is 7.82 Å². The summed E-state index contributed by atoms with van der Waals surface area (Å²) >= 11 is 0. The van der Waals surface area contributed by atoms with Crippen molar-refractivity contribution in [1.29, 1.82) is 0 Å². The van der Waals surface area contributed by atoms with E-state index in [0.29, 0.717) is 17.4 Å². The molecule has 0 fully saturated rings. The molecule has 1 amide bonds. The van der Waals surface area contributed by atoms with Gasteiger partial charge in [-0.25, -0.2) is 4.57 Å². The quantitative estimate of drug-likeness (QED) is 0.0243. The predicted molar refractivity (Wildman–Crippen MR) is 290 cm³/mol. The molecule has 0 heterocycles. The van der Waals surface area contributed by atoms with E-state index in [4.69, 9.17) is 9.05 Å². The normalized spacial score (nSPS) is 14.4. The lowest BCUT2D eigenvalue weighted by molar-refractivity contribution is -0.870. The molecule has 392 valence electrons. The summed E-state index contributed by atoms with van der Waals surface area (Å²) in [5.41, 5.74) is 0. The fourth-order valence-electron chi connectivity index (χ4n) is 7.99. The maximum Gasteiger partial charge on any atom is 0.472 e. The summed E-state index contributed by atoms with van der Waals surface area (Å²) in [5, 5.41) is 13.7. The minimum absolute atomic E-state index is 0.0556. The van der Waals surface area contributed by atoms with E-state index in [1.807, 2.05) is 27.2 Å². The molecule has 0 saturated heterocycles. The Morgan fingerprint density at radius 3 is 1.34 bits per heavy atom. The van der Waals surface area contributed by atoms with Crippen LogP contribution in [0.3, 0.4) is 0 Å². The number of nitrogens with one attached hydrogen (secondary N) is 1. The van der Waals surface area contributed by atoms with Crippen LogP contribution in [0.15, 0.2) is 60.8 Å². The Labute approximate surface area is 415 Å². The number of carbonyl (C=O) groups excluding carboxylic acids is 1. The highest BCUT2D eigenvalue weighted by Gasteiger charge is 2.27. The molecule has 0 aliphatic rings. The highest BCUT2D eigenvalue weighted by molar-refractivity contribution is 7.47. The standard InChI is InChI=1S/C58H109N2O6P/c1-6-8-10-12-14-16-17-18-19-20-21-22-23-24-25-26-27-28-29-30-31-32-33-34-35-36-37-38-39-40-41-42-43-44-46-48-50-52-58(62)59-56(55-66-67(63,64)65-54-53-60(3,4)5)57(61)51-49-47-45-15-13-11-9-7-2/h13,15,17-18,20-21,23-24,49,51,56-57,61H,6-12,14,16,19,22,25-48,50,52-55H2,1-5H3,(H-,59,62,63,64)/p+1/b15-13+,18-17-,21-20-,24-23-,51-49+. The maximum absolute atomic E-state index is 12.9. The Kier molecular flexibility index (Phi) is 47.9. The molecular formula is C58H110N2O6P+. The second kappa shape index (κ2) is 49.2. The monoisotopic (exact) mass is 962 g/mol. The van der Waals surface area contributed by atoms with Crippen molar-refractivity contribution in [3.8, 4) is 0 Å². The minimum Gasteiger partial charge on any atom is -0.387 e. The molecule has 8 nitrogen and oxygen atoms in total. The van der Waals surface area contributed by atoms with Gasteiger partial charge in [-0.2, -0.15) is 0 Å². The minimum atomic E-state index is -4.34. The first-order chi connectivity index (χ1) is 32.5. The van der Waals surface area contributed by atoms with Crippen molar-refractivity contribution in [3.63, 3.8) is 0 Å². The lowest BCUT2D eigenvalue weighted by Gasteiger charge is -2.25. The van der Waals surface area contributed by atoms with Gasteiger partial charge in [-0.15, -0.1) is 0 Å². The van der Waals surface area contributed by atoms with Gasteiger partial charge in [-0.05, 0) is 64.2 Å². The van der Waals surface area contributed by atoms with Gasteiger partial charge in [0.05, 0.1) is 39.9 Å². The molecule has 0 aromatic heterocycles. The van der Waals surface area contributed by atoms with Crippen LogP contribution in [0, 0.1) is 0 Å². The van der Waals surface area contributed by atoms with Crippen LogP contribution < -0.4 is 5.32 Å². The van der Waals surface area contributed by atoms with Crippen LogP contribution in [0.4, 0.5) is 0 Å². The fourth-order valence-corrected chi connectivity index (χ4v) is 8.73. The number of aliphatic hydroxyl groups is 1. The van der Waals surface area contributed by atoms with Crippen LogP contribution in [-0.2, 0) is 18.4 Å². The molecule has 0 saturated carbocycles. The Morgan fingerprint density at radius 1 is 0.507 bits per heavy atom. The zero-order chi connectivity index (χ0) is 49.2. The summed E-state index contributed by atoms with van der Waals surface area (Å²) in [7, 11) is 1.55. The molecule has 3 unspecified atom stereocenters. The number of rotatable bonds is 51. The van der Waals surface area contributed by atoms with Crippen LogP contribution in [0.5, 0.6) is 0 Å². The number of nitrogens with zero attached hydrogens (tertiary/aromatic N) is 1. The summed E-state index contributed by atoms with van der Waals surface area (Å²) in [6, 6.07) is -0.860. The summed E-state index contributed by atoms with van der Waals surface area (Å²) in [5.74, 6) is -0.189. The predicted octanol–water partition coefficient (Wildman–Crippen LogP) is 16.9. The van der Waals surface area contributed by atoms with Gasteiger partial charge >= 0.3 is 7.82 Å². The fraction of sp³-hybridized carbons (Fsp3) is 0.810. The van der Waals surface area contributed by atoms with Crippen molar-refractivity contribution in [2.24, 2.45) is 0 Å². The highest BCUT2D eigenvalue weighted by Crippen LogP contribution is 2.43. The van der Waals surface area contributed by atoms with E-state index in [0.717, 1.165) is 51.4 Å². The van der Waals surface area contributed by atoms with Crippen LogP contribution in [0.1, 0.15) is 251 Å². The summed E-state index contributed by atoms with van der Waals surface area (Å²) < 4.78 is 23.5. The molecule has 9 heteroatoms. The van der Waals surface area contributed by atoms with Gasteiger partial charge in [0.15, 0.2) is 0 Å². The number of aliphatic hydroxyl groups excluding tert-OH is 1. The molecule has 0 aliphatic heterocycles. The first-order valence-electron chi connectivity index (χ1n) is 28.2. The van der Waals surface area contributed by atoms with Crippen LogP contribution in [0.25, 0.3) is 0 Å². The molecule has 0 aromatic rings. The maximum atomic E-state index is 12.9. The molecule has 67 heavy (non-hydrogen) atoms. The first-order valence-corrected chi connectivity index (χ1v) is 29.7. The SMILES string of the molecule is CCCC/C=C/CC/C=C/C(O)C(COP(=O)(O)OCC[N+](C)(C)C)NC(=O)CCCCCCCCCCCCCCCCCCCCCCCC/C=C\C/C=C\C/C=C\CCCCCCC. The topological polar surface area (TPSA) is 105 Å². The van der Waals surface area contributed by atoms with E-state index in [1.165, 1.54) is 180 Å². The van der Waals surface area contributed by atoms with Gasteiger partial charge in [-0.1, -0.05) is 242 Å². The van der Waals surface area contributed by atoms with Crippen molar-refractivity contribution < 1.29 is 32.9 Å². The van der Waals surface area contributed by atoms with Gasteiger partial charge in [0.2, 0.25) is 5.91 Å². The smallest absolute Gasteiger partial charge is 0.387 e. The number of phosphoric acid groups is 1. The molecular weight excluding hydrogens is 852 g/mol. The number of carbonyl (C=O) groups is 1. The number of hydrogen-bond donors (Lipinski definition) is 3. The third-order valence-corrected chi connectivity index (χ3v) is 13.4. The van der Waals surface area contributed by atoms with E-state index >= 15 is 0 Å². The van der Waals surface area contributed by atoms with E-state index in [-0.39, 0.29) is 19.1 Å². The molecule has 0 bridgehead atoms. The van der Waals surface area contributed by atoms with Crippen molar-refractivity contribution in [1.82, 2.24) is 5.32 Å². The number of hydrogen-bond acceptors (Lipinski definition) is 5. The Hall–Kier alpha value is -1.80. The number of phosphoric ester groups is 1.